The molecule has 1 saturated heterocycles. The lowest BCUT2D eigenvalue weighted by Gasteiger charge is -2.25. The molecule has 1 aliphatic rings. The molecule has 0 aromatic carbocycles. The normalized spacial score (nSPS) is 22.8. The fraction of sp³-hybridized carbons (Fsp3) is 0.867. The van der Waals surface area contributed by atoms with Gasteiger partial charge in [0.15, 0.2) is 5.79 Å². The van der Waals surface area contributed by atoms with E-state index in [9.17, 15) is 0 Å². The van der Waals surface area contributed by atoms with Crippen LogP contribution in [0.2, 0.25) is 0 Å². The average Bonchev–Trinajstić information content (AvgIpc) is 2.75. The summed E-state index contributed by atoms with van der Waals surface area (Å²) in [5, 5.41) is 9.04. The third kappa shape index (κ3) is 5.09. The zero-order valence-electron chi connectivity index (χ0n) is 12.2. The molecule has 0 saturated carbocycles. The van der Waals surface area contributed by atoms with Gasteiger partial charge in [-0.05, 0) is 31.1 Å². The predicted octanol–water partition coefficient (Wildman–Crippen LogP) is 2.99. The van der Waals surface area contributed by atoms with Gasteiger partial charge in [-0.25, -0.2) is 0 Å². The van der Waals surface area contributed by atoms with E-state index in [4.69, 9.17) is 14.6 Å². The summed E-state index contributed by atoms with van der Waals surface area (Å²) < 4.78 is 11.3. The Balaban J connectivity index is 2.45. The molecule has 0 aromatic rings. The van der Waals surface area contributed by atoms with Crippen LogP contribution in [-0.4, -0.2) is 30.7 Å². The minimum absolute atomic E-state index is 0.214. The summed E-state index contributed by atoms with van der Waals surface area (Å²) >= 11 is 0. The van der Waals surface area contributed by atoms with Crippen molar-refractivity contribution in [2.45, 2.75) is 46.3 Å². The molecule has 3 nitrogen and oxygen atoms in total. The Hall–Kier alpha value is -0.380. The number of hydrogen-bond donors (Lipinski definition) is 1. The Morgan fingerprint density at radius 3 is 2.28 bits per heavy atom. The molecule has 1 N–H and O–H groups in total. The molecule has 2 unspecified atom stereocenters. The van der Waals surface area contributed by atoms with Crippen molar-refractivity contribution in [2.75, 3.05) is 19.8 Å². The molecule has 0 bridgehead atoms. The van der Waals surface area contributed by atoms with Crippen LogP contribution in [0.3, 0.4) is 0 Å². The molecule has 106 valence electrons. The maximum Gasteiger partial charge on any atom is 0.165 e. The molecule has 1 aliphatic heterocycles. The number of aliphatic hydroxyl groups excluding tert-OH is 1. The Labute approximate surface area is 111 Å². The first-order chi connectivity index (χ1) is 8.47. The summed E-state index contributed by atoms with van der Waals surface area (Å²) in [4.78, 5) is 0. The van der Waals surface area contributed by atoms with Crippen LogP contribution < -0.4 is 0 Å². The standard InChI is InChI=1S/C15H28O3/c1-12(2)14(6-5-13(3)11-16)7-8-15(4)17-9-10-18-15/h5-6,12-14,16H,7-11H2,1-4H3. The summed E-state index contributed by atoms with van der Waals surface area (Å²) in [5.74, 6) is 0.963. The van der Waals surface area contributed by atoms with Gasteiger partial charge in [-0.3, -0.25) is 0 Å². The highest BCUT2D eigenvalue weighted by Gasteiger charge is 2.31. The SMILES string of the molecule is CC(C=CC(CCC1(C)OCCO1)C(C)C)CO. The Kier molecular flexibility index (Phi) is 6.33. The molecule has 18 heavy (non-hydrogen) atoms. The van der Waals surface area contributed by atoms with E-state index in [1.807, 2.05) is 13.8 Å². The van der Waals surface area contributed by atoms with Crippen LogP contribution in [0.1, 0.15) is 40.5 Å². The van der Waals surface area contributed by atoms with E-state index in [-0.39, 0.29) is 18.3 Å². The molecule has 0 amide bonds. The van der Waals surface area contributed by atoms with Crippen molar-refractivity contribution in [1.82, 2.24) is 0 Å². The molecular formula is C15H28O3. The van der Waals surface area contributed by atoms with Gasteiger partial charge in [-0.15, -0.1) is 0 Å². The third-order valence-electron chi connectivity index (χ3n) is 3.66. The van der Waals surface area contributed by atoms with Crippen molar-refractivity contribution < 1.29 is 14.6 Å². The summed E-state index contributed by atoms with van der Waals surface area (Å²) in [7, 11) is 0. The van der Waals surface area contributed by atoms with Gasteiger partial charge in [0.2, 0.25) is 0 Å². The second-order valence-electron chi connectivity index (χ2n) is 5.82. The van der Waals surface area contributed by atoms with Gasteiger partial charge in [-0.1, -0.05) is 32.9 Å². The lowest BCUT2D eigenvalue weighted by atomic mass is 9.88. The van der Waals surface area contributed by atoms with Crippen LogP contribution in [0.15, 0.2) is 12.2 Å². The smallest absolute Gasteiger partial charge is 0.165 e. The van der Waals surface area contributed by atoms with E-state index >= 15 is 0 Å². The maximum atomic E-state index is 9.04. The molecular weight excluding hydrogens is 228 g/mol. The molecule has 2 atom stereocenters. The predicted molar refractivity (Wildman–Crippen MR) is 73.3 cm³/mol. The number of ether oxygens (including phenoxy) is 2. The second-order valence-corrected chi connectivity index (χ2v) is 5.82. The quantitative estimate of drug-likeness (QED) is 0.712. The lowest BCUT2D eigenvalue weighted by Crippen LogP contribution is -2.26. The van der Waals surface area contributed by atoms with Gasteiger partial charge in [0, 0.05) is 13.0 Å². The van der Waals surface area contributed by atoms with E-state index < -0.39 is 0 Å². The molecule has 1 heterocycles. The van der Waals surface area contributed by atoms with Crippen molar-refractivity contribution in [1.29, 1.82) is 0 Å². The van der Waals surface area contributed by atoms with Crippen molar-refractivity contribution in [3.8, 4) is 0 Å². The van der Waals surface area contributed by atoms with Crippen LogP contribution >= 0.6 is 0 Å². The van der Waals surface area contributed by atoms with Gasteiger partial charge in [0.25, 0.3) is 0 Å². The highest BCUT2D eigenvalue weighted by Crippen LogP contribution is 2.29. The van der Waals surface area contributed by atoms with Crippen molar-refractivity contribution in [2.24, 2.45) is 17.8 Å². The molecule has 1 fully saturated rings. The Morgan fingerprint density at radius 1 is 1.17 bits per heavy atom. The van der Waals surface area contributed by atoms with E-state index in [0.717, 1.165) is 12.8 Å². The van der Waals surface area contributed by atoms with Crippen LogP contribution in [0.4, 0.5) is 0 Å². The Morgan fingerprint density at radius 2 is 1.78 bits per heavy atom. The fourth-order valence-corrected chi connectivity index (χ4v) is 2.18. The number of aliphatic hydroxyl groups is 1. The zero-order chi connectivity index (χ0) is 13.6. The van der Waals surface area contributed by atoms with Crippen LogP contribution in [0, 0.1) is 17.8 Å². The first kappa shape index (κ1) is 15.7. The maximum absolute atomic E-state index is 9.04. The first-order valence-electron chi connectivity index (χ1n) is 7.04. The molecule has 1 rings (SSSR count). The highest BCUT2D eigenvalue weighted by molar-refractivity contribution is 4.93. The number of hydrogen-bond acceptors (Lipinski definition) is 3. The topological polar surface area (TPSA) is 38.7 Å². The number of rotatable bonds is 7. The van der Waals surface area contributed by atoms with E-state index in [2.05, 4.69) is 26.0 Å². The van der Waals surface area contributed by atoms with Crippen LogP contribution in [0.25, 0.3) is 0 Å². The van der Waals surface area contributed by atoms with E-state index in [1.165, 1.54) is 0 Å². The van der Waals surface area contributed by atoms with Gasteiger partial charge in [0.1, 0.15) is 0 Å². The van der Waals surface area contributed by atoms with E-state index in [0.29, 0.717) is 25.0 Å². The molecule has 0 radical (unpaired) electrons. The minimum atomic E-state index is -0.385. The zero-order valence-corrected chi connectivity index (χ0v) is 12.2. The van der Waals surface area contributed by atoms with Crippen LogP contribution in [-0.2, 0) is 9.47 Å². The third-order valence-corrected chi connectivity index (χ3v) is 3.66. The van der Waals surface area contributed by atoms with Gasteiger partial charge >= 0.3 is 0 Å². The summed E-state index contributed by atoms with van der Waals surface area (Å²) in [6.07, 6.45) is 6.34. The second kappa shape index (κ2) is 7.27. The summed E-state index contributed by atoms with van der Waals surface area (Å²) in [6.45, 7) is 10.1. The van der Waals surface area contributed by atoms with E-state index in [1.54, 1.807) is 0 Å². The number of allylic oxidation sites excluding steroid dienone is 1. The van der Waals surface area contributed by atoms with Gasteiger partial charge < -0.3 is 14.6 Å². The summed E-state index contributed by atoms with van der Waals surface area (Å²) in [6, 6.07) is 0. The Bertz CT molecular complexity index is 254. The van der Waals surface area contributed by atoms with Gasteiger partial charge in [-0.2, -0.15) is 0 Å². The van der Waals surface area contributed by atoms with Crippen LogP contribution in [0.5, 0.6) is 0 Å². The minimum Gasteiger partial charge on any atom is -0.396 e. The highest BCUT2D eigenvalue weighted by atomic mass is 16.7. The van der Waals surface area contributed by atoms with Gasteiger partial charge in [0.05, 0.1) is 13.2 Å². The average molecular weight is 256 g/mol. The monoisotopic (exact) mass is 256 g/mol. The largest absolute Gasteiger partial charge is 0.396 e. The van der Waals surface area contributed by atoms with Crippen molar-refractivity contribution in [3.05, 3.63) is 12.2 Å². The fourth-order valence-electron chi connectivity index (χ4n) is 2.18. The lowest BCUT2D eigenvalue weighted by molar-refractivity contribution is -0.149. The molecule has 0 aliphatic carbocycles. The molecule has 0 spiro atoms. The molecule has 0 aromatic heterocycles. The van der Waals surface area contributed by atoms with Crippen molar-refractivity contribution in [3.63, 3.8) is 0 Å². The first-order valence-corrected chi connectivity index (χ1v) is 7.04. The van der Waals surface area contributed by atoms with Crippen molar-refractivity contribution >= 4 is 0 Å². The summed E-state index contributed by atoms with van der Waals surface area (Å²) in [5.41, 5.74) is 0. The molecule has 3 heteroatoms.